The van der Waals surface area contributed by atoms with Crippen molar-refractivity contribution in [3.63, 3.8) is 0 Å². The van der Waals surface area contributed by atoms with Crippen molar-refractivity contribution in [2.45, 2.75) is 18.6 Å². The normalized spacial score (nSPS) is 26.0. The number of rotatable bonds is 1. The van der Waals surface area contributed by atoms with Gasteiger partial charge in [-0.25, -0.2) is 4.79 Å². The van der Waals surface area contributed by atoms with Crippen LogP contribution in [0.4, 0.5) is 0 Å². The molecule has 30 heavy (non-hydrogen) atoms. The number of hydrogen-bond donors (Lipinski definition) is 0. The van der Waals surface area contributed by atoms with Crippen LogP contribution in [0.2, 0.25) is 0 Å². The molecule has 3 rings (SSSR count). The van der Waals surface area contributed by atoms with E-state index < -0.39 is 12.3 Å². The predicted octanol–water partition coefficient (Wildman–Crippen LogP) is 2.04. The fourth-order valence-corrected chi connectivity index (χ4v) is 3.10. The van der Waals surface area contributed by atoms with Crippen LogP contribution < -0.4 is 0 Å². The Labute approximate surface area is 177 Å². The third kappa shape index (κ3) is 8.04. The van der Waals surface area contributed by atoms with Crippen molar-refractivity contribution in [2.24, 2.45) is 0 Å². The molecule has 1 aromatic carbocycles. The molecule has 166 valence electrons. The van der Waals surface area contributed by atoms with Crippen LogP contribution in [0.25, 0.3) is 0 Å². The standard InChI is InChI=1S/C22H30O8/c23-22-20-16-19(18-4-2-1-3-5-18)17-21(30-20)28-14-12-26-10-8-24-6-7-25-9-11-27-13-15-29-22/h1-5,16,19,21H,6-15,17H2. The summed E-state index contributed by atoms with van der Waals surface area (Å²) in [6.07, 6.45) is 1.85. The van der Waals surface area contributed by atoms with Crippen molar-refractivity contribution in [2.75, 3.05) is 66.1 Å². The molecule has 1 fully saturated rings. The second kappa shape index (κ2) is 13.4. The maximum atomic E-state index is 12.5. The monoisotopic (exact) mass is 422 g/mol. The molecule has 1 aromatic rings. The minimum absolute atomic E-state index is 0.00641. The van der Waals surface area contributed by atoms with Gasteiger partial charge in [0.15, 0.2) is 0 Å². The lowest BCUT2D eigenvalue weighted by atomic mass is 9.93. The molecule has 2 bridgehead atoms. The summed E-state index contributed by atoms with van der Waals surface area (Å²) in [7, 11) is 0. The molecule has 0 spiro atoms. The lowest BCUT2D eigenvalue weighted by molar-refractivity contribution is -0.165. The molecule has 2 heterocycles. The van der Waals surface area contributed by atoms with Crippen LogP contribution >= 0.6 is 0 Å². The first-order valence-corrected chi connectivity index (χ1v) is 10.4. The molecule has 2 unspecified atom stereocenters. The van der Waals surface area contributed by atoms with Crippen molar-refractivity contribution in [1.29, 1.82) is 0 Å². The third-order valence-corrected chi connectivity index (χ3v) is 4.59. The number of hydrogen-bond acceptors (Lipinski definition) is 8. The van der Waals surface area contributed by atoms with Gasteiger partial charge in [-0.3, -0.25) is 0 Å². The highest BCUT2D eigenvalue weighted by molar-refractivity contribution is 5.86. The lowest BCUT2D eigenvalue weighted by Gasteiger charge is -2.29. The quantitative estimate of drug-likeness (QED) is 0.636. The van der Waals surface area contributed by atoms with Crippen molar-refractivity contribution in [3.05, 3.63) is 47.7 Å². The van der Waals surface area contributed by atoms with Crippen LogP contribution in [-0.2, 0) is 38.0 Å². The molecule has 1 saturated heterocycles. The van der Waals surface area contributed by atoms with Gasteiger partial charge in [-0.05, 0) is 11.6 Å². The number of carbonyl (C=O) groups excluding carboxylic acids is 1. The van der Waals surface area contributed by atoms with Gasteiger partial charge >= 0.3 is 5.97 Å². The van der Waals surface area contributed by atoms with E-state index in [-0.39, 0.29) is 24.9 Å². The first-order valence-electron chi connectivity index (χ1n) is 10.4. The fourth-order valence-electron chi connectivity index (χ4n) is 3.10. The Bertz CT molecular complexity index is 648. The molecule has 0 saturated carbocycles. The highest BCUT2D eigenvalue weighted by atomic mass is 16.7. The smallest absolute Gasteiger partial charge is 0.373 e. The Balaban J connectivity index is 1.60. The van der Waals surface area contributed by atoms with Gasteiger partial charge in [0, 0.05) is 12.3 Å². The fraction of sp³-hybridized carbons (Fsp3) is 0.591. The maximum absolute atomic E-state index is 12.5. The zero-order valence-electron chi connectivity index (χ0n) is 17.2. The van der Waals surface area contributed by atoms with Crippen LogP contribution in [0, 0.1) is 0 Å². The Morgan fingerprint density at radius 3 is 1.90 bits per heavy atom. The van der Waals surface area contributed by atoms with Crippen LogP contribution in [-0.4, -0.2) is 78.3 Å². The number of esters is 1. The summed E-state index contributed by atoms with van der Waals surface area (Å²) in [6, 6.07) is 9.95. The second-order valence-electron chi connectivity index (χ2n) is 6.79. The van der Waals surface area contributed by atoms with Gasteiger partial charge in [0.25, 0.3) is 0 Å². The number of cyclic esters (lactones) is 1. The average Bonchev–Trinajstić information content (AvgIpc) is 2.78. The molecule has 2 aliphatic heterocycles. The molecular weight excluding hydrogens is 392 g/mol. The summed E-state index contributed by atoms with van der Waals surface area (Å²) in [5.41, 5.74) is 1.09. The molecule has 8 heteroatoms. The molecule has 8 nitrogen and oxygen atoms in total. The van der Waals surface area contributed by atoms with Gasteiger partial charge in [0.05, 0.1) is 59.5 Å². The van der Waals surface area contributed by atoms with Crippen LogP contribution in [0.5, 0.6) is 0 Å². The lowest BCUT2D eigenvalue weighted by Crippen LogP contribution is -2.29. The Morgan fingerprint density at radius 1 is 0.700 bits per heavy atom. The number of carbonyl (C=O) groups is 1. The van der Waals surface area contributed by atoms with Crippen LogP contribution in [0.15, 0.2) is 42.2 Å². The zero-order chi connectivity index (χ0) is 20.9. The van der Waals surface area contributed by atoms with Crippen molar-refractivity contribution >= 4 is 5.97 Å². The van der Waals surface area contributed by atoms with E-state index >= 15 is 0 Å². The summed E-state index contributed by atoms with van der Waals surface area (Å²) >= 11 is 0. The summed E-state index contributed by atoms with van der Waals surface area (Å²) in [5, 5.41) is 0. The van der Waals surface area contributed by atoms with E-state index in [9.17, 15) is 4.79 Å². The maximum Gasteiger partial charge on any atom is 0.373 e. The second-order valence-corrected chi connectivity index (χ2v) is 6.79. The van der Waals surface area contributed by atoms with Gasteiger partial charge in [0.1, 0.15) is 6.61 Å². The summed E-state index contributed by atoms with van der Waals surface area (Å²) < 4.78 is 38.6. The molecule has 2 aliphatic rings. The van der Waals surface area contributed by atoms with E-state index in [1.807, 2.05) is 30.3 Å². The summed E-state index contributed by atoms with van der Waals surface area (Å²) in [4.78, 5) is 12.5. The molecule has 2 atom stereocenters. The van der Waals surface area contributed by atoms with E-state index in [1.165, 1.54) is 0 Å². The average molecular weight is 422 g/mol. The minimum Gasteiger partial charge on any atom is -0.458 e. The summed E-state index contributed by atoms with van der Waals surface area (Å²) in [5.74, 6) is -0.368. The van der Waals surface area contributed by atoms with E-state index in [0.29, 0.717) is 59.3 Å². The number of fused-ring (bicyclic) bond motifs is 2. The Kier molecular flexibility index (Phi) is 10.1. The zero-order valence-corrected chi connectivity index (χ0v) is 17.2. The van der Waals surface area contributed by atoms with Gasteiger partial charge in [0.2, 0.25) is 12.0 Å². The first-order chi connectivity index (χ1) is 14.8. The van der Waals surface area contributed by atoms with Gasteiger partial charge < -0.3 is 33.2 Å². The van der Waals surface area contributed by atoms with E-state index in [2.05, 4.69) is 0 Å². The molecule has 0 N–H and O–H groups in total. The summed E-state index contributed by atoms with van der Waals surface area (Å²) in [6.45, 7) is 4.04. The number of benzene rings is 1. The Morgan fingerprint density at radius 2 is 1.27 bits per heavy atom. The minimum atomic E-state index is -0.554. The SMILES string of the molecule is O=C1OCCOCCOCCOCCOCCOC2CC(c3ccccc3)C=C1O2. The highest BCUT2D eigenvalue weighted by Crippen LogP contribution is 2.31. The van der Waals surface area contributed by atoms with Crippen molar-refractivity contribution < 1.29 is 38.0 Å². The first kappa shape index (κ1) is 22.7. The van der Waals surface area contributed by atoms with Crippen LogP contribution in [0.3, 0.4) is 0 Å². The molecule has 0 radical (unpaired) electrons. The Hall–Kier alpha value is -1.97. The topological polar surface area (TPSA) is 81.7 Å². The predicted molar refractivity (Wildman–Crippen MR) is 107 cm³/mol. The highest BCUT2D eigenvalue weighted by Gasteiger charge is 2.29. The van der Waals surface area contributed by atoms with E-state index in [0.717, 1.165) is 5.56 Å². The van der Waals surface area contributed by atoms with E-state index in [4.69, 9.17) is 33.2 Å². The van der Waals surface area contributed by atoms with Crippen molar-refractivity contribution in [3.8, 4) is 0 Å². The number of allylic oxidation sites excluding steroid dienone is 1. The van der Waals surface area contributed by atoms with Gasteiger partial charge in [-0.2, -0.15) is 0 Å². The number of ether oxygens (including phenoxy) is 7. The molecular formula is C22H30O8. The van der Waals surface area contributed by atoms with E-state index in [1.54, 1.807) is 6.08 Å². The molecule has 0 aromatic heterocycles. The van der Waals surface area contributed by atoms with Gasteiger partial charge in [-0.15, -0.1) is 0 Å². The largest absolute Gasteiger partial charge is 0.458 e. The molecule has 0 aliphatic carbocycles. The molecule has 0 amide bonds. The van der Waals surface area contributed by atoms with Crippen molar-refractivity contribution in [1.82, 2.24) is 0 Å². The van der Waals surface area contributed by atoms with Gasteiger partial charge in [-0.1, -0.05) is 30.3 Å². The van der Waals surface area contributed by atoms with Crippen LogP contribution in [0.1, 0.15) is 17.9 Å². The third-order valence-electron chi connectivity index (χ3n) is 4.59.